The van der Waals surface area contributed by atoms with Gasteiger partial charge in [-0.25, -0.2) is 4.98 Å². The Balaban J connectivity index is 1.80. The summed E-state index contributed by atoms with van der Waals surface area (Å²) in [5.74, 6) is -0.344. The van der Waals surface area contributed by atoms with Crippen molar-refractivity contribution >= 4 is 11.6 Å². The average molecular weight is 407 g/mol. The van der Waals surface area contributed by atoms with Crippen molar-refractivity contribution in [3.05, 3.63) is 88.5 Å². The van der Waals surface area contributed by atoms with Gasteiger partial charge in [-0.3, -0.25) is 19.8 Å². The van der Waals surface area contributed by atoms with E-state index in [2.05, 4.69) is 29.0 Å². The first-order chi connectivity index (χ1) is 14.5. The Morgan fingerprint density at radius 3 is 2.53 bits per heavy atom. The minimum Gasteiger partial charge on any atom is -0.350 e. The summed E-state index contributed by atoms with van der Waals surface area (Å²) in [6.45, 7) is 6.26. The first kappa shape index (κ1) is 21.2. The van der Waals surface area contributed by atoms with E-state index in [0.717, 1.165) is 18.7 Å². The van der Waals surface area contributed by atoms with E-state index < -0.39 is 4.92 Å². The minimum absolute atomic E-state index is 0.0188. The molecule has 8 heteroatoms. The molecule has 30 heavy (non-hydrogen) atoms. The molecule has 1 unspecified atom stereocenters. The van der Waals surface area contributed by atoms with E-state index in [1.54, 1.807) is 29.1 Å². The number of nitrogens with one attached hydrogen (secondary N) is 1. The first-order valence-corrected chi connectivity index (χ1v) is 9.89. The van der Waals surface area contributed by atoms with E-state index in [4.69, 9.17) is 0 Å². The number of amides is 1. The SMILES string of the molecule is CCN(CC)C(CNC(=O)c1ccc(-n2ccnc2)c([N+](=O)[O-])c1)c1ccccc1. The number of nitro benzene ring substituents is 1. The number of aromatic nitrogens is 2. The number of carbonyl (C=O) groups is 1. The third kappa shape index (κ3) is 4.72. The molecule has 0 aliphatic rings. The molecule has 1 heterocycles. The number of imidazole rings is 1. The lowest BCUT2D eigenvalue weighted by atomic mass is 10.0. The number of hydrogen-bond donors (Lipinski definition) is 1. The monoisotopic (exact) mass is 407 g/mol. The van der Waals surface area contributed by atoms with Crippen molar-refractivity contribution in [3.8, 4) is 5.69 Å². The zero-order valence-electron chi connectivity index (χ0n) is 17.1. The van der Waals surface area contributed by atoms with Crippen LogP contribution in [0.3, 0.4) is 0 Å². The third-order valence-electron chi connectivity index (χ3n) is 5.11. The number of nitrogens with zero attached hydrogens (tertiary/aromatic N) is 4. The Morgan fingerprint density at radius 1 is 1.20 bits per heavy atom. The Kier molecular flexibility index (Phi) is 6.92. The van der Waals surface area contributed by atoms with Crippen molar-refractivity contribution in [2.45, 2.75) is 19.9 Å². The quantitative estimate of drug-likeness (QED) is 0.432. The molecular formula is C22H25N5O3. The largest absolute Gasteiger partial charge is 0.350 e. The molecule has 3 aromatic rings. The van der Waals surface area contributed by atoms with Gasteiger partial charge in [-0.05, 0) is 30.8 Å². The highest BCUT2D eigenvalue weighted by Crippen LogP contribution is 2.25. The maximum atomic E-state index is 12.8. The maximum Gasteiger partial charge on any atom is 0.294 e. The fourth-order valence-electron chi connectivity index (χ4n) is 3.52. The highest BCUT2D eigenvalue weighted by atomic mass is 16.6. The second kappa shape index (κ2) is 9.80. The van der Waals surface area contributed by atoms with Gasteiger partial charge in [0.2, 0.25) is 0 Å². The van der Waals surface area contributed by atoms with Crippen LogP contribution in [0, 0.1) is 10.1 Å². The van der Waals surface area contributed by atoms with Gasteiger partial charge in [0.15, 0.2) is 0 Å². The lowest BCUT2D eigenvalue weighted by Crippen LogP contribution is -2.38. The molecule has 0 saturated carbocycles. The summed E-state index contributed by atoms with van der Waals surface area (Å²) in [6.07, 6.45) is 4.65. The number of likely N-dealkylation sites (N-methyl/N-ethyl adjacent to an activating group) is 1. The van der Waals surface area contributed by atoms with Gasteiger partial charge in [-0.15, -0.1) is 0 Å². The molecular weight excluding hydrogens is 382 g/mol. The summed E-state index contributed by atoms with van der Waals surface area (Å²) in [7, 11) is 0. The molecule has 0 radical (unpaired) electrons. The molecule has 2 aromatic carbocycles. The van der Waals surface area contributed by atoms with Crippen LogP contribution in [0.1, 0.15) is 35.8 Å². The molecule has 0 saturated heterocycles. The third-order valence-corrected chi connectivity index (χ3v) is 5.11. The summed E-state index contributed by atoms with van der Waals surface area (Å²) in [4.78, 5) is 30.0. The molecule has 156 valence electrons. The van der Waals surface area contributed by atoms with Crippen molar-refractivity contribution in [3.63, 3.8) is 0 Å². The maximum absolute atomic E-state index is 12.8. The van der Waals surface area contributed by atoms with Gasteiger partial charge in [-0.2, -0.15) is 0 Å². The molecule has 1 atom stereocenters. The van der Waals surface area contributed by atoms with Crippen LogP contribution in [-0.4, -0.2) is 44.9 Å². The van der Waals surface area contributed by atoms with E-state index in [1.807, 2.05) is 30.3 Å². The van der Waals surface area contributed by atoms with Crippen molar-refractivity contribution in [1.82, 2.24) is 19.8 Å². The van der Waals surface area contributed by atoms with Crippen LogP contribution < -0.4 is 5.32 Å². The van der Waals surface area contributed by atoms with Gasteiger partial charge in [0, 0.05) is 30.6 Å². The van der Waals surface area contributed by atoms with Gasteiger partial charge in [0.05, 0.1) is 17.3 Å². The zero-order valence-corrected chi connectivity index (χ0v) is 17.1. The number of carbonyl (C=O) groups excluding carboxylic acids is 1. The van der Waals surface area contributed by atoms with Crippen LogP contribution in [0.15, 0.2) is 67.3 Å². The van der Waals surface area contributed by atoms with Crippen LogP contribution in [0.4, 0.5) is 5.69 Å². The topological polar surface area (TPSA) is 93.3 Å². The number of benzene rings is 2. The number of rotatable bonds is 9. The smallest absolute Gasteiger partial charge is 0.294 e. The fourth-order valence-corrected chi connectivity index (χ4v) is 3.52. The van der Waals surface area contributed by atoms with E-state index in [-0.39, 0.29) is 23.2 Å². The van der Waals surface area contributed by atoms with Crippen LogP contribution in [0.2, 0.25) is 0 Å². The van der Waals surface area contributed by atoms with Crippen LogP contribution in [0.25, 0.3) is 5.69 Å². The predicted molar refractivity (Wildman–Crippen MR) is 115 cm³/mol. The van der Waals surface area contributed by atoms with E-state index in [9.17, 15) is 14.9 Å². The molecule has 0 spiro atoms. The Labute approximate surface area is 175 Å². The summed E-state index contributed by atoms with van der Waals surface area (Å²) in [5, 5.41) is 14.5. The predicted octanol–water partition coefficient (Wildman–Crippen LogP) is 3.59. The molecule has 0 aliphatic carbocycles. The van der Waals surface area contributed by atoms with Gasteiger partial charge < -0.3 is 9.88 Å². The molecule has 1 aromatic heterocycles. The summed E-state index contributed by atoms with van der Waals surface area (Å²) in [5.41, 5.74) is 1.57. The Bertz CT molecular complexity index is 985. The lowest BCUT2D eigenvalue weighted by molar-refractivity contribution is -0.384. The van der Waals surface area contributed by atoms with Gasteiger partial charge >= 0.3 is 0 Å². The number of hydrogen-bond acceptors (Lipinski definition) is 5. The molecule has 1 amide bonds. The molecule has 3 rings (SSSR count). The first-order valence-electron chi connectivity index (χ1n) is 9.89. The van der Waals surface area contributed by atoms with Gasteiger partial charge in [-0.1, -0.05) is 44.2 Å². The van der Waals surface area contributed by atoms with Crippen LogP contribution in [0.5, 0.6) is 0 Å². The van der Waals surface area contributed by atoms with E-state index in [0.29, 0.717) is 12.2 Å². The zero-order chi connectivity index (χ0) is 21.5. The fraction of sp³-hybridized carbons (Fsp3) is 0.273. The summed E-state index contributed by atoms with van der Waals surface area (Å²) >= 11 is 0. The van der Waals surface area contributed by atoms with Crippen molar-refractivity contribution in [2.24, 2.45) is 0 Å². The Morgan fingerprint density at radius 2 is 1.93 bits per heavy atom. The Hall–Kier alpha value is -3.52. The highest BCUT2D eigenvalue weighted by Gasteiger charge is 2.21. The van der Waals surface area contributed by atoms with Gasteiger partial charge in [0.1, 0.15) is 5.69 Å². The van der Waals surface area contributed by atoms with Crippen molar-refractivity contribution in [2.75, 3.05) is 19.6 Å². The van der Waals surface area contributed by atoms with E-state index >= 15 is 0 Å². The summed E-state index contributed by atoms with van der Waals surface area (Å²) < 4.78 is 1.55. The van der Waals surface area contributed by atoms with Gasteiger partial charge in [0.25, 0.3) is 11.6 Å². The normalized spacial score (nSPS) is 12.0. The second-order valence-electron chi connectivity index (χ2n) is 6.79. The van der Waals surface area contributed by atoms with Crippen molar-refractivity contribution in [1.29, 1.82) is 0 Å². The highest BCUT2D eigenvalue weighted by molar-refractivity contribution is 5.95. The standard InChI is InChI=1S/C22H25N5O3/c1-3-25(4-2)21(17-8-6-5-7-9-17)15-24-22(28)18-10-11-19(20(14-18)27(29)30)26-13-12-23-16-26/h5-14,16,21H,3-4,15H2,1-2H3,(H,24,28). The number of nitro groups is 1. The van der Waals surface area contributed by atoms with Crippen LogP contribution in [-0.2, 0) is 0 Å². The molecule has 8 nitrogen and oxygen atoms in total. The molecule has 0 fully saturated rings. The average Bonchev–Trinajstić information content (AvgIpc) is 3.31. The second-order valence-corrected chi connectivity index (χ2v) is 6.79. The van der Waals surface area contributed by atoms with Crippen LogP contribution >= 0.6 is 0 Å². The molecule has 0 aliphatic heterocycles. The lowest BCUT2D eigenvalue weighted by Gasteiger charge is -2.30. The molecule has 0 bridgehead atoms. The van der Waals surface area contributed by atoms with E-state index in [1.165, 1.54) is 12.4 Å². The molecule has 1 N–H and O–H groups in total. The summed E-state index contributed by atoms with van der Waals surface area (Å²) in [6, 6.07) is 14.5. The van der Waals surface area contributed by atoms with Crippen molar-refractivity contribution < 1.29 is 9.72 Å². The minimum atomic E-state index is -0.491.